The number of rotatable bonds is 1. The molecule has 3 rings (SSSR count). The molecular formula is C14H5BrF2INO2. The number of imide groups is 1. The van der Waals surface area contributed by atoms with Gasteiger partial charge in [0.1, 0.15) is 5.82 Å². The highest BCUT2D eigenvalue weighted by molar-refractivity contribution is 14.1. The number of anilines is 1. The van der Waals surface area contributed by atoms with Crippen LogP contribution in [0.1, 0.15) is 20.7 Å². The summed E-state index contributed by atoms with van der Waals surface area (Å²) in [5.74, 6) is -2.90. The summed E-state index contributed by atoms with van der Waals surface area (Å²) < 4.78 is 27.3. The van der Waals surface area contributed by atoms with E-state index >= 15 is 0 Å². The molecule has 1 aliphatic rings. The molecule has 3 nitrogen and oxygen atoms in total. The monoisotopic (exact) mass is 463 g/mol. The summed E-state index contributed by atoms with van der Waals surface area (Å²) in [5, 5.41) is 0. The summed E-state index contributed by atoms with van der Waals surface area (Å²) in [4.78, 5) is 25.4. The van der Waals surface area contributed by atoms with E-state index in [4.69, 9.17) is 0 Å². The fourth-order valence-electron chi connectivity index (χ4n) is 2.13. The third-order valence-electron chi connectivity index (χ3n) is 3.12. The molecular weight excluding hydrogens is 459 g/mol. The van der Waals surface area contributed by atoms with Gasteiger partial charge in [-0.25, -0.2) is 13.7 Å². The average Bonchev–Trinajstić information content (AvgIpc) is 2.73. The lowest BCUT2D eigenvalue weighted by molar-refractivity contribution is 0.0926. The maximum absolute atomic E-state index is 13.9. The van der Waals surface area contributed by atoms with Gasteiger partial charge in [-0.15, -0.1) is 0 Å². The van der Waals surface area contributed by atoms with Crippen molar-refractivity contribution in [1.29, 1.82) is 0 Å². The zero-order valence-corrected chi connectivity index (χ0v) is 13.9. The van der Waals surface area contributed by atoms with Crippen LogP contribution in [0.3, 0.4) is 0 Å². The third-order valence-corrected chi connectivity index (χ3v) is 4.87. The van der Waals surface area contributed by atoms with Gasteiger partial charge in [0.2, 0.25) is 0 Å². The number of fused-ring (bicyclic) bond motifs is 1. The van der Waals surface area contributed by atoms with E-state index in [1.165, 1.54) is 12.1 Å². The fraction of sp³-hybridized carbons (Fsp3) is 0. The number of carbonyl (C=O) groups is 2. The fourth-order valence-corrected chi connectivity index (χ4v) is 3.48. The highest BCUT2D eigenvalue weighted by Crippen LogP contribution is 2.36. The van der Waals surface area contributed by atoms with Crippen LogP contribution in [-0.4, -0.2) is 11.8 Å². The van der Waals surface area contributed by atoms with E-state index in [9.17, 15) is 18.4 Å². The van der Waals surface area contributed by atoms with Crippen molar-refractivity contribution in [2.75, 3.05) is 4.90 Å². The summed E-state index contributed by atoms with van der Waals surface area (Å²) in [5.41, 5.74) is 0.351. The lowest BCUT2D eigenvalue weighted by Gasteiger charge is -2.17. The summed E-state index contributed by atoms with van der Waals surface area (Å²) in [7, 11) is 0. The van der Waals surface area contributed by atoms with Crippen molar-refractivity contribution >= 4 is 56.0 Å². The van der Waals surface area contributed by atoms with Gasteiger partial charge in [-0.1, -0.05) is 12.1 Å². The van der Waals surface area contributed by atoms with Crippen LogP contribution in [0.4, 0.5) is 14.5 Å². The Morgan fingerprint density at radius 3 is 2.10 bits per heavy atom. The van der Waals surface area contributed by atoms with E-state index in [0.29, 0.717) is 0 Å². The molecule has 0 radical (unpaired) electrons. The smallest absolute Gasteiger partial charge is 0.266 e. The third kappa shape index (κ3) is 2.10. The highest BCUT2D eigenvalue weighted by Gasteiger charge is 2.38. The Morgan fingerprint density at radius 2 is 1.57 bits per heavy atom. The number of hydrogen-bond donors (Lipinski definition) is 0. The van der Waals surface area contributed by atoms with Gasteiger partial charge >= 0.3 is 0 Å². The number of benzene rings is 2. The van der Waals surface area contributed by atoms with Crippen LogP contribution in [-0.2, 0) is 0 Å². The van der Waals surface area contributed by atoms with E-state index < -0.39 is 23.4 Å². The Hall–Kier alpha value is -1.35. The molecule has 0 saturated heterocycles. The van der Waals surface area contributed by atoms with Crippen molar-refractivity contribution in [2.24, 2.45) is 0 Å². The van der Waals surface area contributed by atoms with Gasteiger partial charge in [-0.2, -0.15) is 0 Å². The largest absolute Gasteiger partial charge is 0.268 e. The van der Waals surface area contributed by atoms with Gasteiger partial charge in [0, 0.05) is 6.07 Å². The number of amides is 2. The standard InChI is InChI=1S/C14H5BrF2INO2/c15-10-8(16)5-9(12(18)11(10)17)19-13(20)6-3-1-2-4-7(6)14(19)21/h1-5H. The van der Waals surface area contributed by atoms with Crippen LogP contribution in [0.2, 0.25) is 0 Å². The van der Waals surface area contributed by atoms with Gasteiger partial charge in [0.05, 0.1) is 24.9 Å². The first kappa shape index (κ1) is 14.6. The van der Waals surface area contributed by atoms with E-state index in [2.05, 4.69) is 15.9 Å². The first-order chi connectivity index (χ1) is 9.93. The van der Waals surface area contributed by atoms with Crippen LogP contribution < -0.4 is 4.90 Å². The van der Waals surface area contributed by atoms with Gasteiger partial charge < -0.3 is 0 Å². The van der Waals surface area contributed by atoms with Crippen molar-refractivity contribution < 1.29 is 18.4 Å². The predicted octanol–water partition coefficient (Wildman–Crippen LogP) is 4.13. The molecule has 0 aliphatic carbocycles. The number of halogens is 4. The van der Waals surface area contributed by atoms with E-state index in [0.717, 1.165) is 11.0 Å². The molecule has 2 aromatic rings. The minimum absolute atomic E-state index is 0.00428. The van der Waals surface area contributed by atoms with E-state index in [1.807, 2.05) is 0 Å². The Bertz CT molecular complexity index is 775. The molecule has 2 amide bonds. The topological polar surface area (TPSA) is 37.4 Å². The minimum atomic E-state index is -0.875. The maximum Gasteiger partial charge on any atom is 0.266 e. The normalized spacial score (nSPS) is 13.8. The first-order valence-electron chi connectivity index (χ1n) is 5.74. The maximum atomic E-state index is 13.9. The summed E-state index contributed by atoms with van der Waals surface area (Å²) in [6.07, 6.45) is 0. The highest BCUT2D eigenvalue weighted by atomic mass is 127. The van der Waals surface area contributed by atoms with Crippen LogP contribution in [0.5, 0.6) is 0 Å². The zero-order chi connectivity index (χ0) is 15.3. The second-order valence-electron chi connectivity index (χ2n) is 4.31. The van der Waals surface area contributed by atoms with Gasteiger partial charge in [0.15, 0.2) is 5.82 Å². The molecule has 0 bridgehead atoms. The van der Waals surface area contributed by atoms with Crippen molar-refractivity contribution in [3.05, 3.63) is 61.1 Å². The van der Waals surface area contributed by atoms with Crippen molar-refractivity contribution in [3.63, 3.8) is 0 Å². The summed E-state index contributed by atoms with van der Waals surface area (Å²) >= 11 is 4.43. The van der Waals surface area contributed by atoms with Crippen LogP contribution in [0, 0.1) is 15.2 Å². The SMILES string of the molecule is O=C1c2ccccc2C(=O)N1c1cc(F)c(Br)c(F)c1I. The molecule has 0 unspecified atom stereocenters. The Balaban J connectivity index is 2.21. The van der Waals surface area contributed by atoms with Crippen molar-refractivity contribution in [3.8, 4) is 0 Å². The molecule has 106 valence electrons. The molecule has 0 aromatic heterocycles. The summed E-state index contributed by atoms with van der Waals surface area (Å²) in [6, 6.07) is 7.24. The zero-order valence-electron chi connectivity index (χ0n) is 10.2. The molecule has 0 fully saturated rings. The summed E-state index contributed by atoms with van der Waals surface area (Å²) in [6.45, 7) is 0. The molecule has 0 N–H and O–H groups in total. The molecule has 0 saturated carbocycles. The molecule has 1 heterocycles. The lowest BCUT2D eigenvalue weighted by atomic mass is 10.1. The first-order valence-corrected chi connectivity index (χ1v) is 7.61. The Morgan fingerprint density at radius 1 is 1.05 bits per heavy atom. The molecule has 0 atom stereocenters. The van der Waals surface area contributed by atoms with Gasteiger partial charge in [-0.05, 0) is 50.7 Å². The number of hydrogen-bond acceptors (Lipinski definition) is 2. The lowest BCUT2D eigenvalue weighted by Crippen LogP contribution is -2.30. The number of carbonyl (C=O) groups excluding carboxylic acids is 2. The molecule has 7 heteroatoms. The van der Waals surface area contributed by atoms with Gasteiger partial charge in [0.25, 0.3) is 11.8 Å². The Kier molecular flexibility index (Phi) is 3.56. The minimum Gasteiger partial charge on any atom is -0.268 e. The van der Waals surface area contributed by atoms with Crippen molar-refractivity contribution in [1.82, 2.24) is 0 Å². The molecule has 21 heavy (non-hydrogen) atoms. The average molecular weight is 464 g/mol. The molecule has 0 spiro atoms. The second-order valence-corrected chi connectivity index (χ2v) is 6.18. The van der Waals surface area contributed by atoms with Crippen molar-refractivity contribution in [2.45, 2.75) is 0 Å². The van der Waals surface area contributed by atoms with Crippen LogP contribution in [0.15, 0.2) is 34.8 Å². The van der Waals surface area contributed by atoms with Gasteiger partial charge in [-0.3, -0.25) is 9.59 Å². The predicted molar refractivity (Wildman–Crippen MR) is 84.4 cm³/mol. The van der Waals surface area contributed by atoms with Crippen LogP contribution in [0.25, 0.3) is 0 Å². The molecule has 2 aromatic carbocycles. The number of nitrogens with zero attached hydrogens (tertiary/aromatic N) is 1. The quantitative estimate of drug-likeness (QED) is 0.276. The van der Waals surface area contributed by atoms with E-state index in [-0.39, 0.29) is 24.9 Å². The second kappa shape index (κ2) is 5.13. The van der Waals surface area contributed by atoms with Crippen LogP contribution >= 0.6 is 38.5 Å². The van der Waals surface area contributed by atoms with E-state index in [1.54, 1.807) is 34.7 Å². The molecule has 1 aliphatic heterocycles. The Labute approximate surface area is 140 Å².